The summed E-state index contributed by atoms with van der Waals surface area (Å²) in [7, 11) is 0. The van der Waals surface area contributed by atoms with Crippen molar-refractivity contribution in [3.05, 3.63) is 58.2 Å². The zero-order valence-corrected chi connectivity index (χ0v) is 17.9. The lowest BCUT2D eigenvalue weighted by molar-refractivity contribution is 0.248. The number of aromatic nitrogens is 1. The molecular weight excluding hydrogens is 390 g/mol. The number of hydrogen-bond acceptors (Lipinski definition) is 6. The zero-order chi connectivity index (χ0) is 21.1. The third-order valence-corrected chi connectivity index (χ3v) is 6.53. The number of furan rings is 1. The van der Waals surface area contributed by atoms with Crippen LogP contribution in [0.1, 0.15) is 24.2 Å². The molecule has 3 aromatic heterocycles. The van der Waals surface area contributed by atoms with E-state index < -0.39 is 0 Å². The van der Waals surface area contributed by atoms with Gasteiger partial charge < -0.3 is 13.7 Å². The highest BCUT2D eigenvalue weighted by Crippen LogP contribution is 2.32. The Kier molecular flexibility index (Phi) is 4.18. The number of hydrogen-bond donors (Lipinski definition) is 0. The van der Waals surface area contributed by atoms with Crippen LogP contribution >= 0.6 is 0 Å². The molecule has 0 bridgehead atoms. The minimum atomic E-state index is -0.385. The number of fused-ring (bicyclic) bond motifs is 2. The molecule has 0 spiro atoms. The summed E-state index contributed by atoms with van der Waals surface area (Å²) in [6.07, 6.45) is 2.70. The second-order valence-electron chi connectivity index (χ2n) is 8.80. The van der Waals surface area contributed by atoms with Crippen LogP contribution in [0.15, 0.2) is 50.0 Å². The number of piperazine rings is 1. The van der Waals surface area contributed by atoms with Gasteiger partial charge >= 0.3 is 5.63 Å². The van der Waals surface area contributed by atoms with Crippen LogP contribution < -0.4 is 10.5 Å². The molecule has 0 N–H and O–H groups in total. The molecule has 6 rings (SSSR count). The molecule has 4 aromatic rings. The van der Waals surface area contributed by atoms with Crippen LogP contribution in [0, 0.1) is 13.8 Å². The molecule has 0 amide bonds. The number of aryl methyl sites for hydroxylation is 2. The Morgan fingerprint density at radius 1 is 0.935 bits per heavy atom. The summed E-state index contributed by atoms with van der Waals surface area (Å²) in [4.78, 5) is 22.2. The van der Waals surface area contributed by atoms with E-state index in [1.54, 1.807) is 0 Å². The topological polar surface area (TPSA) is 62.7 Å². The average molecular weight is 415 g/mol. The molecule has 1 saturated carbocycles. The van der Waals surface area contributed by atoms with Gasteiger partial charge in [0, 0.05) is 60.4 Å². The molecular formula is C25H25N3O3. The van der Waals surface area contributed by atoms with Crippen molar-refractivity contribution in [2.45, 2.75) is 32.7 Å². The zero-order valence-electron chi connectivity index (χ0n) is 17.9. The van der Waals surface area contributed by atoms with Gasteiger partial charge in [-0.15, -0.1) is 0 Å². The first-order chi connectivity index (χ1) is 15.0. The standard InChI is InChI=1S/C25H25N3O3/c1-15-11-18-13-23(30-24(18)16(2)26-15)21-12-17-3-4-20(14-22(17)31-25(21)29)28-9-7-27(8-10-28)19-5-6-19/h3-4,11-14,19H,5-10H2,1-2H3. The van der Waals surface area contributed by atoms with Gasteiger partial charge in [-0.3, -0.25) is 9.88 Å². The lowest BCUT2D eigenvalue weighted by Gasteiger charge is -2.36. The molecule has 0 unspecified atom stereocenters. The highest BCUT2D eigenvalue weighted by Gasteiger charge is 2.31. The van der Waals surface area contributed by atoms with Gasteiger partial charge in [-0.25, -0.2) is 4.79 Å². The Balaban J connectivity index is 1.33. The summed E-state index contributed by atoms with van der Waals surface area (Å²) in [5, 5.41) is 1.83. The van der Waals surface area contributed by atoms with E-state index in [1.807, 2.05) is 44.2 Å². The van der Waals surface area contributed by atoms with Crippen LogP contribution in [0.2, 0.25) is 0 Å². The molecule has 0 radical (unpaired) electrons. The molecule has 1 aliphatic heterocycles. The first-order valence-electron chi connectivity index (χ1n) is 11.0. The van der Waals surface area contributed by atoms with E-state index >= 15 is 0 Å². The van der Waals surface area contributed by atoms with Crippen LogP contribution in [-0.2, 0) is 0 Å². The molecule has 1 saturated heterocycles. The van der Waals surface area contributed by atoms with Crippen molar-refractivity contribution in [3.8, 4) is 11.3 Å². The van der Waals surface area contributed by atoms with Gasteiger partial charge in [0.15, 0.2) is 5.58 Å². The minimum Gasteiger partial charge on any atom is -0.454 e. The number of nitrogens with zero attached hydrogens (tertiary/aromatic N) is 3. The smallest absolute Gasteiger partial charge is 0.347 e. The van der Waals surface area contributed by atoms with E-state index in [0.717, 1.165) is 60.1 Å². The van der Waals surface area contributed by atoms with E-state index in [2.05, 4.69) is 20.9 Å². The predicted octanol–water partition coefficient (Wildman–Crippen LogP) is 4.50. The Labute approximate surface area is 180 Å². The fourth-order valence-electron chi connectivity index (χ4n) is 4.75. The Hall–Kier alpha value is -3.12. The van der Waals surface area contributed by atoms with E-state index in [4.69, 9.17) is 8.83 Å². The van der Waals surface area contributed by atoms with Crippen molar-refractivity contribution in [2.24, 2.45) is 0 Å². The number of benzene rings is 1. The SMILES string of the molecule is Cc1cc2cc(-c3cc4ccc(N5CCN(C6CC6)CC5)cc4oc3=O)oc2c(C)n1. The van der Waals surface area contributed by atoms with Crippen LogP contribution in [0.25, 0.3) is 33.3 Å². The van der Waals surface area contributed by atoms with Gasteiger partial charge in [-0.1, -0.05) is 0 Å². The van der Waals surface area contributed by atoms with Gasteiger partial charge in [0.1, 0.15) is 16.9 Å². The summed E-state index contributed by atoms with van der Waals surface area (Å²) < 4.78 is 11.7. The largest absolute Gasteiger partial charge is 0.454 e. The normalized spacial score (nSPS) is 17.7. The number of anilines is 1. The van der Waals surface area contributed by atoms with Crippen molar-refractivity contribution in [1.29, 1.82) is 0 Å². The van der Waals surface area contributed by atoms with Crippen molar-refractivity contribution >= 4 is 27.6 Å². The van der Waals surface area contributed by atoms with E-state index in [-0.39, 0.29) is 5.63 Å². The van der Waals surface area contributed by atoms with Crippen LogP contribution in [0.5, 0.6) is 0 Å². The minimum absolute atomic E-state index is 0.385. The first kappa shape index (κ1) is 18.6. The Bertz CT molecular complexity index is 1360. The molecule has 2 fully saturated rings. The van der Waals surface area contributed by atoms with Gasteiger partial charge in [0.05, 0.1) is 5.69 Å². The molecule has 1 aromatic carbocycles. The molecule has 6 nitrogen and oxygen atoms in total. The molecule has 4 heterocycles. The highest BCUT2D eigenvalue weighted by atomic mass is 16.4. The molecule has 31 heavy (non-hydrogen) atoms. The summed E-state index contributed by atoms with van der Waals surface area (Å²) in [6.45, 7) is 8.09. The summed E-state index contributed by atoms with van der Waals surface area (Å²) in [5.74, 6) is 0.515. The van der Waals surface area contributed by atoms with Gasteiger partial charge in [0.25, 0.3) is 0 Å². The highest BCUT2D eigenvalue weighted by molar-refractivity contribution is 5.88. The fraction of sp³-hybridized carbons (Fsp3) is 0.360. The molecule has 1 aliphatic carbocycles. The first-order valence-corrected chi connectivity index (χ1v) is 11.0. The van der Waals surface area contributed by atoms with Crippen LogP contribution in [0.4, 0.5) is 5.69 Å². The molecule has 6 heteroatoms. The monoisotopic (exact) mass is 415 g/mol. The maximum Gasteiger partial charge on any atom is 0.347 e. The quantitative estimate of drug-likeness (QED) is 0.459. The van der Waals surface area contributed by atoms with Crippen molar-refractivity contribution in [2.75, 3.05) is 31.1 Å². The maximum absolute atomic E-state index is 12.8. The second kappa shape index (κ2) is 6.95. The molecule has 158 valence electrons. The third kappa shape index (κ3) is 3.31. The van der Waals surface area contributed by atoms with Gasteiger partial charge in [-0.2, -0.15) is 0 Å². The van der Waals surface area contributed by atoms with Gasteiger partial charge in [0.2, 0.25) is 0 Å². The van der Waals surface area contributed by atoms with Gasteiger partial charge in [-0.05, 0) is 57.0 Å². The summed E-state index contributed by atoms with van der Waals surface area (Å²) >= 11 is 0. The Morgan fingerprint density at radius 3 is 2.52 bits per heavy atom. The molecule has 2 aliphatic rings. The van der Waals surface area contributed by atoms with Crippen LogP contribution in [0.3, 0.4) is 0 Å². The van der Waals surface area contributed by atoms with Crippen molar-refractivity contribution < 1.29 is 8.83 Å². The Morgan fingerprint density at radius 2 is 1.74 bits per heavy atom. The number of pyridine rings is 1. The second-order valence-corrected chi connectivity index (χ2v) is 8.80. The predicted molar refractivity (Wildman–Crippen MR) is 122 cm³/mol. The van der Waals surface area contributed by atoms with E-state index in [9.17, 15) is 4.79 Å². The number of rotatable bonds is 3. The van der Waals surface area contributed by atoms with E-state index in [1.165, 1.54) is 12.8 Å². The van der Waals surface area contributed by atoms with Crippen molar-refractivity contribution in [3.63, 3.8) is 0 Å². The third-order valence-electron chi connectivity index (χ3n) is 6.53. The van der Waals surface area contributed by atoms with E-state index in [0.29, 0.717) is 22.5 Å². The van der Waals surface area contributed by atoms with Crippen molar-refractivity contribution in [1.82, 2.24) is 9.88 Å². The lowest BCUT2D eigenvalue weighted by atomic mass is 10.1. The molecule has 0 atom stereocenters. The lowest BCUT2D eigenvalue weighted by Crippen LogP contribution is -2.47. The maximum atomic E-state index is 12.8. The fourth-order valence-corrected chi connectivity index (χ4v) is 4.75. The average Bonchev–Trinajstić information content (AvgIpc) is 3.52. The summed E-state index contributed by atoms with van der Waals surface area (Å²) in [6, 6.07) is 12.7. The summed E-state index contributed by atoms with van der Waals surface area (Å²) in [5.41, 5.74) is 4.23. The van der Waals surface area contributed by atoms with Crippen LogP contribution in [-0.4, -0.2) is 42.1 Å².